The highest BCUT2D eigenvalue weighted by molar-refractivity contribution is 7.39. The Hall–Kier alpha value is -1.19. The summed E-state index contributed by atoms with van der Waals surface area (Å²) in [7, 11) is 0.0859. The number of carbonyl (C=O) groups excluding carboxylic acids is 1. The summed E-state index contributed by atoms with van der Waals surface area (Å²) in [6.45, 7) is 7.81. The van der Waals surface area contributed by atoms with E-state index in [4.69, 9.17) is 9.26 Å². The van der Waals surface area contributed by atoms with Gasteiger partial charge in [-0.3, -0.25) is 0 Å². The number of carbonyl (C=O) groups is 1. The summed E-state index contributed by atoms with van der Waals surface area (Å²) < 4.78 is 22.0. The lowest BCUT2D eigenvalue weighted by Crippen LogP contribution is -2.40. The summed E-state index contributed by atoms with van der Waals surface area (Å²) in [4.78, 5) is 13.6. The van der Waals surface area contributed by atoms with Crippen molar-refractivity contribution in [1.82, 2.24) is 4.90 Å². The molecule has 1 aliphatic carbocycles. The number of allylic oxidation sites excluding steroid dienone is 2. The summed E-state index contributed by atoms with van der Waals surface area (Å²) in [5, 5.41) is 0. The Kier molecular flexibility index (Phi) is 6.56. The van der Waals surface area contributed by atoms with Crippen LogP contribution in [0.2, 0.25) is 0 Å². The van der Waals surface area contributed by atoms with E-state index in [1.54, 1.807) is 11.9 Å². The molecule has 0 bridgehead atoms. The first-order chi connectivity index (χ1) is 9.73. The van der Waals surface area contributed by atoms with E-state index >= 15 is 0 Å². The molecule has 2 atom stereocenters. The van der Waals surface area contributed by atoms with Crippen molar-refractivity contribution in [3.8, 4) is 0 Å². The van der Waals surface area contributed by atoms with Gasteiger partial charge in [-0.05, 0) is 44.3 Å². The van der Waals surface area contributed by atoms with E-state index in [0.717, 1.165) is 5.57 Å². The van der Waals surface area contributed by atoms with Crippen LogP contribution < -0.4 is 0 Å². The molecule has 0 aliphatic heterocycles. The number of amides is 1. The maximum Gasteiger partial charge on any atom is 0.512 e. The molecule has 0 heterocycles. The van der Waals surface area contributed by atoms with E-state index < -0.39 is 13.6 Å². The van der Waals surface area contributed by atoms with Crippen LogP contribution in [-0.4, -0.2) is 42.5 Å². The highest BCUT2D eigenvalue weighted by Crippen LogP contribution is 2.28. The minimum absolute atomic E-state index is 0.0337. The number of hydrogen-bond donors (Lipinski definition) is 0. The van der Waals surface area contributed by atoms with Gasteiger partial charge in [-0.2, -0.15) is 0 Å². The number of rotatable bonds is 5. The van der Waals surface area contributed by atoms with Gasteiger partial charge in [-0.15, -0.1) is 4.52 Å². The molecule has 0 aromatic rings. The largest absolute Gasteiger partial charge is 0.512 e. The Balaban J connectivity index is 2.52. The fourth-order valence-electron chi connectivity index (χ4n) is 1.87. The molecule has 0 aromatic carbocycles. The van der Waals surface area contributed by atoms with Crippen LogP contribution >= 0.6 is 8.03 Å². The zero-order valence-electron chi connectivity index (χ0n) is 13.5. The Bertz CT molecular complexity index is 451. The predicted octanol–water partition coefficient (Wildman–Crippen LogP) is 3.89. The smallest absolute Gasteiger partial charge is 0.444 e. The zero-order valence-corrected chi connectivity index (χ0v) is 14.4. The van der Waals surface area contributed by atoms with Crippen molar-refractivity contribution in [1.29, 1.82) is 0 Å². The number of likely N-dealkylation sites (N-methyl/N-ethyl adjacent to an activating group) is 1. The molecule has 21 heavy (non-hydrogen) atoms. The second kappa shape index (κ2) is 7.71. The molecule has 0 N–H and O–H groups in total. The summed E-state index contributed by atoms with van der Waals surface area (Å²) in [6.07, 6.45) is 6.61. The average molecular weight is 314 g/mol. The van der Waals surface area contributed by atoms with E-state index in [1.807, 2.05) is 45.9 Å². The van der Waals surface area contributed by atoms with E-state index in [0.29, 0.717) is 19.2 Å². The van der Waals surface area contributed by atoms with Crippen LogP contribution in [0.5, 0.6) is 0 Å². The highest BCUT2D eigenvalue weighted by Gasteiger charge is 2.26. The van der Waals surface area contributed by atoms with Gasteiger partial charge in [0.25, 0.3) is 0 Å². The molecule has 0 radical (unpaired) electrons. The minimum atomic E-state index is -1.64. The fourth-order valence-corrected chi connectivity index (χ4v) is 2.78. The lowest BCUT2D eigenvalue weighted by Gasteiger charge is -2.29. The van der Waals surface area contributed by atoms with Crippen molar-refractivity contribution >= 4 is 14.1 Å². The molecule has 5 nitrogen and oxygen atoms in total. The van der Waals surface area contributed by atoms with Gasteiger partial charge in [0.2, 0.25) is 6.16 Å². The summed E-state index contributed by atoms with van der Waals surface area (Å²) >= 11 is 0. The topological polar surface area (TPSA) is 55.8 Å². The normalized spacial score (nSPS) is 19.0. The molecule has 1 amide bonds. The number of nitrogens with zero attached hydrogens (tertiary/aromatic N) is 1. The highest BCUT2D eigenvalue weighted by atomic mass is 31.1. The fraction of sp³-hybridized carbons (Fsp3) is 0.667. The van der Waals surface area contributed by atoms with Gasteiger partial charge in [-0.1, -0.05) is 18.2 Å². The third kappa shape index (κ3) is 6.40. The Morgan fingerprint density at radius 3 is 2.62 bits per heavy atom. The third-order valence-corrected chi connectivity index (χ3v) is 4.09. The standard InChI is InChI=1S/C15H25NO4P/c1-6-19-21(18)11-12-7-9-13(10-8-12)16(5)14(17)20-15(2,3)4/h7-9,13H,6,10-11H2,1-5H3/q+1. The van der Waals surface area contributed by atoms with Crippen molar-refractivity contribution in [2.75, 3.05) is 19.8 Å². The van der Waals surface area contributed by atoms with Crippen LogP contribution in [0, 0.1) is 0 Å². The lowest BCUT2D eigenvalue weighted by molar-refractivity contribution is 0.0256. The number of hydrogen-bond acceptors (Lipinski definition) is 4. The molecule has 0 saturated carbocycles. The van der Waals surface area contributed by atoms with Crippen molar-refractivity contribution < 1.29 is 18.6 Å². The van der Waals surface area contributed by atoms with Crippen LogP contribution in [0.1, 0.15) is 34.1 Å². The molecule has 1 aliphatic rings. The lowest BCUT2D eigenvalue weighted by atomic mass is 10.0. The van der Waals surface area contributed by atoms with Crippen LogP contribution in [0.3, 0.4) is 0 Å². The van der Waals surface area contributed by atoms with Crippen LogP contribution in [0.15, 0.2) is 23.8 Å². The van der Waals surface area contributed by atoms with Crippen molar-refractivity contribution in [3.05, 3.63) is 23.8 Å². The SMILES string of the molecule is CCO[P+](=O)CC1=CCC(N(C)C(=O)OC(C)(C)C)C=C1. The first-order valence-electron chi connectivity index (χ1n) is 7.13. The molecular formula is C15H25NO4P+. The Morgan fingerprint density at radius 2 is 2.14 bits per heavy atom. The second-order valence-electron chi connectivity index (χ2n) is 5.94. The van der Waals surface area contributed by atoms with Gasteiger partial charge < -0.3 is 9.64 Å². The van der Waals surface area contributed by atoms with Gasteiger partial charge in [0, 0.05) is 7.05 Å². The molecule has 1 rings (SSSR count). The van der Waals surface area contributed by atoms with Gasteiger partial charge in [0.05, 0.1) is 12.6 Å². The third-order valence-electron chi connectivity index (χ3n) is 2.92. The summed E-state index contributed by atoms with van der Waals surface area (Å²) in [5.41, 5.74) is 0.485. The van der Waals surface area contributed by atoms with E-state index in [9.17, 15) is 9.36 Å². The molecule has 0 aromatic heterocycles. The van der Waals surface area contributed by atoms with Crippen LogP contribution in [0.4, 0.5) is 4.79 Å². The minimum Gasteiger partial charge on any atom is -0.444 e. The second-order valence-corrected chi connectivity index (χ2v) is 7.18. The van der Waals surface area contributed by atoms with E-state index in [1.165, 1.54) is 0 Å². The summed E-state index contributed by atoms with van der Waals surface area (Å²) in [5.74, 6) is 0. The maximum atomic E-state index is 12.0. The molecule has 0 fully saturated rings. The maximum absolute atomic E-state index is 12.0. The van der Waals surface area contributed by atoms with Gasteiger partial charge in [0.1, 0.15) is 5.60 Å². The van der Waals surface area contributed by atoms with Crippen molar-refractivity contribution in [3.63, 3.8) is 0 Å². The molecule has 0 saturated heterocycles. The van der Waals surface area contributed by atoms with Crippen molar-refractivity contribution in [2.45, 2.75) is 45.8 Å². The predicted molar refractivity (Wildman–Crippen MR) is 83.7 cm³/mol. The van der Waals surface area contributed by atoms with Gasteiger partial charge in [0.15, 0.2) is 0 Å². The first kappa shape index (κ1) is 17.9. The van der Waals surface area contributed by atoms with E-state index in [2.05, 4.69) is 0 Å². The Labute approximate surface area is 127 Å². The van der Waals surface area contributed by atoms with Crippen LogP contribution in [-0.2, 0) is 13.8 Å². The quantitative estimate of drug-likeness (QED) is 0.722. The average Bonchev–Trinajstić information content (AvgIpc) is 2.37. The number of ether oxygens (including phenoxy) is 1. The Morgan fingerprint density at radius 1 is 1.48 bits per heavy atom. The van der Waals surface area contributed by atoms with Crippen molar-refractivity contribution in [2.24, 2.45) is 0 Å². The van der Waals surface area contributed by atoms with E-state index in [-0.39, 0.29) is 12.1 Å². The van der Waals surface area contributed by atoms with Crippen LogP contribution in [0.25, 0.3) is 0 Å². The molecule has 0 spiro atoms. The first-order valence-corrected chi connectivity index (χ1v) is 8.50. The van der Waals surface area contributed by atoms with Gasteiger partial charge in [-0.25, -0.2) is 4.79 Å². The van der Waals surface area contributed by atoms with Gasteiger partial charge >= 0.3 is 14.1 Å². The molecule has 118 valence electrons. The monoisotopic (exact) mass is 314 g/mol. The summed E-state index contributed by atoms with van der Waals surface area (Å²) in [6, 6.07) is -0.0337. The molecular weight excluding hydrogens is 289 g/mol. The molecule has 2 unspecified atom stereocenters. The molecule has 6 heteroatoms. The zero-order chi connectivity index (χ0) is 16.0.